The van der Waals surface area contributed by atoms with E-state index in [4.69, 9.17) is 4.42 Å². The number of rotatable bonds is 5. The molecule has 24 heavy (non-hydrogen) atoms. The first-order chi connectivity index (χ1) is 11.7. The van der Waals surface area contributed by atoms with Crippen LogP contribution in [0.4, 0.5) is 16.2 Å². The number of carbonyl (C=O) groups is 1. The van der Waals surface area contributed by atoms with Crippen LogP contribution in [0.2, 0.25) is 0 Å². The Kier molecular flexibility index (Phi) is 5.03. The number of para-hydroxylation sites is 1. The summed E-state index contributed by atoms with van der Waals surface area (Å²) in [5, 5.41) is 9.63. The van der Waals surface area contributed by atoms with Gasteiger partial charge in [-0.25, -0.2) is 9.59 Å². The number of nitrogens with one attached hydrogen (secondary N) is 3. The normalized spacial score (nSPS) is 14.7. The van der Waals surface area contributed by atoms with Crippen LogP contribution in [0, 0.1) is 0 Å². The maximum absolute atomic E-state index is 12.4. The number of urea groups is 1. The Hall–Kier alpha value is -2.50. The second kappa shape index (κ2) is 7.38. The minimum absolute atomic E-state index is 0.175. The highest BCUT2D eigenvalue weighted by Crippen LogP contribution is 2.32. The smallest absolute Gasteiger partial charge is 0.362 e. The SMILES string of the molecule is CCCNC(=O)Nc1c(NC2CCCC2)c2ccccc2oc1=O. The van der Waals surface area contributed by atoms with Crippen LogP contribution in [0.15, 0.2) is 33.5 Å². The standard InChI is InChI=1S/C18H23N3O3/c1-2-11-19-18(23)21-16-15(20-12-7-3-4-8-12)13-9-5-6-10-14(13)24-17(16)22/h5-6,9-10,12,20H,2-4,7-8,11H2,1H3,(H2,19,21,23). The number of hydrogen-bond donors (Lipinski definition) is 3. The first-order valence-electron chi connectivity index (χ1n) is 8.56. The Morgan fingerprint density at radius 2 is 1.96 bits per heavy atom. The molecule has 1 aliphatic rings. The van der Waals surface area contributed by atoms with Gasteiger partial charge in [0.15, 0.2) is 5.69 Å². The summed E-state index contributed by atoms with van der Waals surface area (Å²) >= 11 is 0. The van der Waals surface area contributed by atoms with Gasteiger partial charge in [0.25, 0.3) is 0 Å². The molecule has 0 atom stereocenters. The summed E-state index contributed by atoms with van der Waals surface area (Å²) in [5.41, 5.74) is 0.804. The number of benzene rings is 1. The van der Waals surface area contributed by atoms with Crippen molar-refractivity contribution in [3.8, 4) is 0 Å². The largest absolute Gasteiger partial charge is 0.421 e. The maximum Gasteiger partial charge on any atom is 0.362 e. The van der Waals surface area contributed by atoms with Crippen molar-refractivity contribution in [2.24, 2.45) is 0 Å². The van der Waals surface area contributed by atoms with Crippen LogP contribution in [0.3, 0.4) is 0 Å². The zero-order chi connectivity index (χ0) is 16.9. The molecule has 128 valence electrons. The molecule has 0 unspecified atom stereocenters. The second-order valence-electron chi connectivity index (χ2n) is 6.14. The molecule has 2 aromatic rings. The molecule has 6 heteroatoms. The van der Waals surface area contributed by atoms with Crippen molar-refractivity contribution in [3.63, 3.8) is 0 Å². The number of carbonyl (C=O) groups excluding carboxylic acids is 1. The van der Waals surface area contributed by atoms with Crippen molar-refractivity contribution >= 4 is 28.4 Å². The lowest BCUT2D eigenvalue weighted by Gasteiger charge is -2.18. The summed E-state index contributed by atoms with van der Waals surface area (Å²) in [7, 11) is 0. The van der Waals surface area contributed by atoms with E-state index in [1.54, 1.807) is 6.07 Å². The molecule has 0 radical (unpaired) electrons. The van der Waals surface area contributed by atoms with Gasteiger partial charge in [-0.05, 0) is 31.4 Å². The van der Waals surface area contributed by atoms with Gasteiger partial charge in [0.2, 0.25) is 0 Å². The lowest BCUT2D eigenvalue weighted by atomic mass is 10.1. The van der Waals surface area contributed by atoms with E-state index in [0.717, 1.165) is 24.6 Å². The molecule has 1 fully saturated rings. The van der Waals surface area contributed by atoms with Crippen molar-refractivity contribution in [3.05, 3.63) is 34.7 Å². The monoisotopic (exact) mass is 329 g/mol. The fourth-order valence-electron chi connectivity index (χ4n) is 3.08. The van der Waals surface area contributed by atoms with E-state index in [1.165, 1.54) is 12.8 Å². The molecule has 1 heterocycles. The number of amides is 2. The fraction of sp³-hybridized carbons (Fsp3) is 0.444. The van der Waals surface area contributed by atoms with E-state index in [0.29, 0.717) is 23.9 Å². The third-order valence-electron chi connectivity index (χ3n) is 4.29. The summed E-state index contributed by atoms with van der Waals surface area (Å²) in [6, 6.07) is 7.29. The van der Waals surface area contributed by atoms with Gasteiger partial charge >= 0.3 is 11.7 Å². The van der Waals surface area contributed by atoms with Gasteiger partial charge in [-0.15, -0.1) is 0 Å². The summed E-state index contributed by atoms with van der Waals surface area (Å²) in [4.78, 5) is 24.4. The predicted octanol–water partition coefficient (Wildman–Crippen LogP) is 3.68. The van der Waals surface area contributed by atoms with Gasteiger partial charge in [0.05, 0.1) is 5.69 Å². The number of fused-ring (bicyclic) bond motifs is 1. The molecule has 1 aromatic carbocycles. The van der Waals surface area contributed by atoms with Gasteiger partial charge in [-0.2, -0.15) is 0 Å². The highest BCUT2D eigenvalue weighted by Gasteiger charge is 2.21. The molecule has 0 saturated heterocycles. The molecule has 3 rings (SSSR count). The number of anilines is 2. The fourth-order valence-corrected chi connectivity index (χ4v) is 3.08. The molecular weight excluding hydrogens is 306 g/mol. The summed E-state index contributed by atoms with van der Waals surface area (Å²) in [5.74, 6) is 0. The van der Waals surface area contributed by atoms with E-state index in [1.807, 2.05) is 25.1 Å². The molecule has 2 amide bonds. The van der Waals surface area contributed by atoms with Crippen molar-refractivity contribution in [1.82, 2.24) is 5.32 Å². The van der Waals surface area contributed by atoms with E-state index in [2.05, 4.69) is 16.0 Å². The van der Waals surface area contributed by atoms with Gasteiger partial charge in [0.1, 0.15) is 5.58 Å². The zero-order valence-corrected chi connectivity index (χ0v) is 13.9. The topological polar surface area (TPSA) is 83.4 Å². The Labute approximate surface area is 140 Å². The van der Waals surface area contributed by atoms with Crippen molar-refractivity contribution in [2.75, 3.05) is 17.2 Å². The first kappa shape index (κ1) is 16.4. The molecule has 1 saturated carbocycles. The van der Waals surface area contributed by atoms with Crippen molar-refractivity contribution in [1.29, 1.82) is 0 Å². The van der Waals surface area contributed by atoms with Crippen LogP contribution in [-0.2, 0) is 0 Å². The highest BCUT2D eigenvalue weighted by molar-refractivity contribution is 6.01. The lowest BCUT2D eigenvalue weighted by Crippen LogP contribution is -2.32. The average Bonchev–Trinajstić information content (AvgIpc) is 3.09. The van der Waals surface area contributed by atoms with Crippen LogP contribution >= 0.6 is 0 Å². The predicted molar refractivity (Wildman–Crippen MR) is 95.7 cm³/mol. The van der Waals surface area contributed by atoms with Crippen LogP contribution in [0.25, 0.3) is 11.0 Å². The molecule has 1 aliphatic carbocycles. The van der Waals surface area contributed by atoms with Crippen LogP contribution < -0.4 is 21.6 Å². The Morgan fingerprint density at radius 1 is 1.21 bits per heavy atom. The molecule has 0 aliphatic heterocycles. The average molecular weight is 329 g/mol. The van der Waals surface area contributed by atoms with Crippen LogP contribution in [-0.4, -0.2) is 18.6 Å². The molecule has 1 aromatic heterocycles. The Bertz CT molecular complexity index is 779. The van der Waals surface area contributed by atoms with Crippen LogP contribution in [0.5, 0.6) is 0 Å². The number of hydrogen-bond acceptors (Lipinski definition) is 4. The van der Waals surface area contributed by atoms with Gasteiger partial charge in [0, 0.05) is 18.0 Å². The maximum atomic E-state index is 12.4. The van der Waals surface area contributed by atoms with Crippen molar-refractivity contribution in [2.45, 2.75) is 45.1 Å². The molecule has 6 nitrogen and oxygen atoms in total. The van der Waals surface area contributed by atoms with E-state index < -0.39 is 11.7 Å². The van der Waals surface area contributed by atoms with E-state index >= 15 is 0 Å². The summed E-state index contributed by atoms with van der Waals surface area (Å²) in [6.07, 6.45) is 5.31. The second-order valence-corrected chi connectivity index (χ2v) is 6.14. The Morgan fingerprint density at radius 3 is 2.71 bits per heavy atom. The minimum Gasteiger partial charge on any atom is -0.421 e. The quantitative estimate of drug-likeness (QED) is 0.731. The van der Waals surface area contributed by atoms with Crippen LogP contribution in [0.1, 0.15) is 39.0 Å². The third-order valence-corrected chi connectivity index (χ3v) is 4.29. The third kappa shape index (κ3) is 3.53. The molecule has 0 spiro atoms. The Balaban J connectivity index is 1.99. The van der Waals surface area contributed by atoms with E-state index in [9.17, 15) is 9.59 Å². The van der Waals surface area contributed by atoms with Crippen molar-refractivity contribution < 1.29 is 9.21 Å². The summed E-state index contributed by atoms with van der Waals surface area (Å²) in [6.45, 7) is 2.52. The zero-order valence-electron chi connectivity index (χ0n) is 13.9. The molecule has 0 bridgehead atoms. The lowest BCUT2D eigenvalue weighted by molar-refractivity contribution is 0.252. The highest BCUT2D eigenvalue weighted by atomic mass is 16.4. The first-order valence-corrected chi connectivity index (χ1v) is 8.56. The molecule has 3 N–H and O–H groups in total. The van der Waals surface area contributed by atoms with Gasteiger partial charge < -0.3 is 15.1 Å². The van der Waals surface area contributed by atoms with Gasteiger partial charge in [-0.1, -0.05) is 31.9 Å². The molecular formula is C18H23N3O3. The summed E-state index contributed by atoms with van der Waals surface area (Å²) < 4.78 is 5.37. The van der Waals surface area contributed by atoms with E-state index in [-0.39, 0.29) is 5.69 Å². The minimum atomic E-state index is -0.541. The van der Waals surface area contributed by atoms with Gasteiger partial charge in [-0.3, -0.25) is 5.32 Å².